The fourth-order valence-corrected chi connectivity index (χ4v) is 2.17. The van der Waals surface area contributed by atoms with E-state index in [4.69, 9.17) is 9.15 Å². The maximum Gasteiger partial charge on any atom is 0.259 e. The van der Waals surface area contributed by atoms with Crippen molar-refractivity contribution in [3.05, 3.63) is 54.1 Å². The Morgan fingerprint density at radius 2 is 2.14 bits per heavy atom. The summed E-state index contributed by atoms with van der Waals surface area (Å²) in [5.41, 5.74) is 1.99. The third kappa shape index (κ3) is 2.45. The lowest BCUT2D eigenvalue weighted by molar-refractivity contribution is 0.102. The molecule has 3 aromatic rings. The van der Waals surface area contributed by atoms with Crippen LogP contribution in [-0.4, -0.2) is 18.0 Å². The van der Waals surface area contributed by atoms with Gasteiger partial charge >= 0.3 is 0 Å². The standard InChI is InChI=1S/C16H14N2O3/c1-10-12(6-8-21-10)16(19)18-15-5-7-17-14-4-3-11(20-2)9-13(14)15/h3-9H,1-2H3,(H,17,18,19). The highest BCUT2D eigenvalue weighted by atomic mass is 16.5. The summed E-state index contributed by atoms with van der Waals surface area (Å²) >= 11 is 0. The van der Waals surface area contributed by atoms with Crippen molar-refractivity contribution in [2.75, 3.05) is 12.4 Å². The number of ether oxygens (including phenoxy) is 1. The summed E-state index contributed by atoms with van der Waals surface area (Å²) in [5, 5.41) is 3.71. The molecule has 106 valence electrons. The van der Waals surface area contributed by atoms with Gasteiger partial charge in [0.25, 0.3) is 5.91 Å². The highest BCUT2D eigenvalue weighted by Crippen LogP contribution is 2.26. The molecule has 1 N–H and O–H groups in total. The monoisotopic (exact) mass is 282 g/mol. The minimum absolute atomic E-state index is 0.212. The summed E-state index contributed by atoms with van der Waals surface area (Å²) in [5.74, 6) is 1.09. The van der Waals surface area contributed by atoms with E-state index in [0.717, 1.165) is 10.9 Å². The smallest absolute Gasteiger partial charge is 0.259 e. The first-order valence-corrected chi connectivity index (χ1v) is 6.47. The Morgan fingerprint density at radius 1 is 1.29 bits per heavy atom. The Bertz CT molecular complexity index is 808. The van der Waals surface area contributed by atoms with Gasteiger partial charge in [0, 0.05) is 11.6 Å². The van der Waals surface area contributed by atoms with E-state index in [2.05, 4.69) is 10.3 Å². The molecule has 0 bridgehead atoms. The number of benzene rings is 1. The lowest BCUT2D eigenvalue weighted by Crippen LogP contribution is -2.12. The van der Waals surface area contributed by atoms with E-state index >= 15 is 0 Å². The van der Waals surface area contributed by atoms with Crippen molar-refractivity contribution in [1.82, 2.24) is 4.98 Å². The van der Waals surface area contributed by atoms with Gasteiger partial charge < -0.3 is 14.5 Å². The largest absolute Gasteiger partial charge is 0.497 e. The third-order valence-electron chi connectivity index (χ3n) is 3.30. The first-order valence-electron chi connectivity index (χ1n) is 6.47. The van der Waals surface area contributed by atoms with E-state index in [1.165, 1.54) is 6.26 Å². The van der Waals surface area contributed by atoms with Gasteiger partial charge in [-0.15, -0.1) is 0 Å². The molecule has 0 unspecified atom stereocenters. The number of nitrogens with one attached hydrogen (secondary N) is 1. The first-order chi connectivity index (χ1) is 10.2. The highest BCUT2D eigenvalue weighted by Gasteiger charge is 2.13. The quantitative estimate of drug-likeness (QED) is 0.799. The van der Waals surface area contributed by atoms with Gasteiger partial charge in [0.1, 0.15) is 11.5 Å². The molecule has 0 atom stereocenters. The van der Waals surface area contributed by atoms with Crippen molar-refractivity contribution < 1.29 is 13.9 Å². The summed E-state index contributed by atoms with van der Waals surface area (Å²) in [7, 11) is 1.60. The molecular formula is C16H14N2O3. The molecule has 0 radical (unpaired) electrons. The molecule has 0 aliphatic heterocycles. The van der Waals surface area contributed by atoms with Crippen LogP contribution in [0.3, 0.4) is 0 Å². The van der Waals surface area contributed by atoms with Crippen molar-refractivity contribution in [1.29, 1.82) is 0 Å². The predicted molar refractivity (Wildman–Crippen MR) is 79.7 cm³/mol. The summed E-state index contributed by atoms with van der Waals surface area (Å²) in [6, 6.07) is 8.94. The van der Waals surface area contributed by atoms with Gasteiger partial charge in [0.05, 0.1) is 30.1 Å². The van der Waals surface area contributed by atoms with Gasteiger partial charge in [-0.2, -0.15) is 0 Å². The second-order valence-corrected chi connectivity index (χ2v) is 4.59. The number of carbonyl (C=O) groups is 1. The van der Waals surface area contributed by atoms with Crippen LogP contribution in [-0.2, 0) is 0 Å². The Kier molecular flexibility index (Phi) is 3.31. The van der Waals surface area contributed by atoms with Crippen LogP contribution in [0.25, 0.3) is 10.9 Å². The molecule has 2 heterocycles. The summed E-state index contributed by atoms with van der Waals surface area (Å²) in [6.07, 6.45) is 3.16. The molecule has 0 fully saturated rings. The molecule has 0 aliphatic rings. The van der Waals surface area contributed by atoms with E-state index in [-0.39, 0.29) is 5.91 Å². The van der Waals surface area contributed by atoms with E-state index in [9.17, 15) is 4.79 Å². The fraction of sp³-hybridized carbons (Fsp3) is 0.125. The van der Waals surface area contributed by atoms with Gasteiger partial charge in [-0.3, -0.25) is 9.78 Å². The number of pyridine rings is 1. The Morgan fingerprint density at radius 3 is 2.86 bits per heavy atom. The van der Waals surface area contributed by atoms with Crippen LogP contribution in [0, 0.1) is 6.92 Å². The van der Waals surface area contributed by atoms with Crippen LogP contribution < -0.4 is 10.1 Å². The first kappa shape index (κ1) is 13.2. The zero-order valence-corrected chi connectivity index (χ0v) is 11.7. The number of hydrogen-bond donors (Lipinski definition) is 1. The van der Waals surface area contributed by atoms with Gasteiger partial charge in [0.15, 0.2) is 0 Å². The number of furan rings is 1. The number of aryl methyl sites for hydroxylation is 1. The summed E-state index contributed by atoms with van der Waals surface area (Å²) in [4.78, 5) is 16.6. The van der Waals surface area contributed by atoms with Gasteiger partial charge in [-0.05, 0) is 37.3 Å². The zero-order chi connectivity index (χ0) is 14.8. The molecule has 5 heteroatoms. The van der Waals surface area contributed by atoms with Gasteiger partial charge in [0.2, 0.25) is 0 Å². The predicted octanol–water partition coefficient (Wildman–Crippen LogP) is 3.40. The van der Waals surface area contributed by atoms with Crippen molar-refractivity contribution in [2.24, 2.45) is 0 Å². The topological polar surface area (TPSA) is 64.4 Å². The number of nitrogens with zero attached hydrogens (tertiary/aromatic N) is 1. The molecule has 5 nitrogen and oxygen atoms in total. The molecule has 0 saturated carbocycles. The molecule has 1 aromatic carbocycles. The lowest BCUT2D eigenvalue weighted by atomic mass is 10.1. The van der Waals surface area contributed by atoms with Gasteiger partial charge in [-0.1, -0.05) is 0 Å². The number of anilines is 1. The van der Waals surface area contributed by atoms with E-state index in [0.29, 0.717) is 22.8 Å². The number of aromatic nitrogens is 1. The summed E-state index contributed by atoms with van der Waals surface area (Å²) in [6.45, 7) is 1.75. The minimum atomic E-state index is -0.212. The SMILES string of the molecule is COc1ccc2nccc(NC(=O)c3ccoc3C)c2c1. The number of rotatable bonds is 3. The molecular weight excluding hydrogens is 268 g/mol. The van der Waals surface area contributed by atoms with E-state index < -0.39 is 0 Å². The number of fused-ring (bicyclic) bond motifs is 1. The second kappa shape index (κ2) is 5.28. The highest BCUT2D eigenvalue weighted by molar-refractivity contribution is 6.09. The molecule has 3 rings (SSSR count). The third-order valence-corrected chi connectivity index (χ3v) is 3.30. The van der Waals surface area contributed by atoms with Crippen LogP contribution in [0.15, 0.2) is 47.2 Å². The minimum Gasteiger partial charge on any atom is -0.497 e. The Labute approximate surface area is 121 Å². The Balaban J connectivity index is 2.00. The Hall–Kier alpha value is -2.82. The molecule has 0 spiro atoms. The van der Waals surface area contributed by atoms with Crippen LogP contribution in [0.5, 0.6) is 5.75 Å². The van der Waals surface area contributed by atoms with Crippen molar-refractivity contribution in [2.45, 2.75) is 6.92 Å². The maximum absolute atomic E-state index is 12.3. The number of amides is 1. The molecule has 0 aliphatic carbocycles. The number of methoxy groups -OCH3 is 1. The molecule has 2 aromatic heterocycles. The molecule has 1 amide bonds. The van der Waals surface area contributed by atoms with E-state index in [1.807, 2.05) is 18.2 Å². The van der Waals surface area contributed by atoms with Crippen molar-refractivity contribution in [3.63, 3.8) is 0 Å². The average Bonchev–Trinajstić information content (AvgIpc) is 2.93. The number of hydrogen-bond acceptors (Lipinski definition) is 4. The van der Waals surface area contributed by atoms with Crippen molar-refractivity contribution >= 4 is 22.5 Å². The maximum atomic E-state index is 12.3. The van der Waals surface area contributed by atoms with Gasteiger partial charge in [-0.25, -0.2) is 0 Å². The van der Waals surface area contributed by atoms with Crippen LogP contribution in [0.1, 0.15) is 16.1 Å². The lowest BCUT2D eigenvalue weighted by Gasteiger charge is -2.09. The van der Waals surface area contributed by atoms with Crippen LogP contribution in [0.2, 0.25) is 0 Å². The molecule has 21 heavy (non-hydrogen) atoms. The van der Waals surface area contributed by atoms with Crippen LogP contribution in [0.4, 0.5) is 5.69 Å². The zero-order valence-electron chi connectivity index (χ0n) is 11.7. The normalized spacial score (nSPS) is 10.6. The second-order valence-electron chi connectivity index (χ2n) is 4.59. The van der Waals surface area contributed by atoms with Crippen molar-refractivity contribution in [3.8, 4) is 5.75 Å². The van der Waals surface area contributed by atoms with Crippen LogP contribution >= 0.6 is 0 Å². The number of carbonyl (C=O) groups excluding carboxylic acids is 1. The fourth-order valence-electron chi connectivity index (χ4n) is 2.17. The van der Waals surface area contributed by atoms with E-state index in [1.54, 1.807) is 32.4 Å². The summed E-state index contributed by atoms with van der Waals surface area (Å²) < 4.78 is 10.4. The average molecular weight is 282 g/mol. The molecule has 0 saturated heterocycles.